The summed E-state index contributed by atoms with van der Waals surface area (Å²) in [7, 11) is 0. The van der Waals surface area contributed by atoms with E-state index in [1.54, 1.807) is 13.0 Å². The predicted octanol–water partition coefficient (Wildman–Crippen LogP) is 1.84. The molecule has 1 aromatic carbocycles. The van der Waals surface area contributed by atoms with Gasteiger partial charge in [0, 0.05) is 24.2 Å². The molecule has 0 spiro atoms. The largest absolute Gasteiger partial charge is 0.393 e. The van der Waals surface area contributed by atoms with Gasteiger partial charge in [-0.25, -0.2) is 0 Å². The maximum atomic E-state index is 10.9. The fourth-order valence-electron chi connectivity index (χ4n) is 2.35. The molecule has 0 bridgehead atoms. The van der Waals surface area contributed by atoms with Crippen LogP contribution in [0.1, 0.15) is 17.5 Å². The highest BCUT2D eigenvalue weighted by atomic mass is 16.6. The van der Waals surface area contributed by atoms with Gasteiger partial charge in [0.05, 0.1) is 17.6 Å². The Morgan fingerprint density at radius 3 is 3.00 bits per heavy atom. The van der Waals surface area contributed by atoms with Crippen LogP contribution in [0, 0.1) is 23.0 Å². The smallest absolute Gasteiger partial charge is 0.272 e. The van der Waals surface area contributed by atoms with Crippen molar-refractivity contribution in [3.05, 3.63) is 39.4 Å². The number of hydrogen-bond donors (Lipinski definition) is 1. The number of hydrogen-bond acceptors (Lipinski definition) is 4. The first-order valence-corrected chi connectivity index (χ1v) is 6.08. The van der Waals surface area contributed by atoms with Crippen molar-refractivity contribution in [3.63, 3.8) is 0 Å². The molecule has 0 aliphatic carbocycles. The van der Waals surface area contributed by atoms with Crippen LogP contribution in [-0.2, 0) is 11.2 Å². The Morgan fingerprint density at radius 1 is 1.56 bits per heavy atom. The number of rotatable bonds is 3. The Morgan fingerprint density at radius 2 is 2.33 bits per heavy atom. The van der Waals surface area contributed by atoms with Gasteiger partial charge in [-0.15, -0.1) is 0 Å². The number of aliphatic hydroxyl groups is 1. The molecular formula is C13H17NO4. The van der Waals surface area contributed by atoms with Gasteiger partial charge >= 0.3 is 0 Å². The Labute approximate surface area is 106 Å². The summed E-state index contributed by atoms with van der Waals surface area (Å²) in [6.07, 6.45) is 0.880. The summed E-state index contributed by atoms with van der Waals surface area (Å²) in [6.45, 7) is 2.86. The molecular weight excluding hydrogens is 234 g/mol. The van der Waals surface area contributed by atoms with E-state index in [2.05, 4.69) is 0 Å². The Balaban J connectivity index is 2.18. The molecule has 0 amide bonds. The molecule has 5 nitrogen and oxygen atoms in total. The Kier molecular flexibility index (Phi) is 3.93. The van der Waals surface area contributed by atoms with Crippen molar-refractivity contribution in [2.75, 3.05) is 13.2 Å². The lowest BCUT2D eigenvalue weighted by Crippen LogP contribution is -2.33. The number of ether oxygens (including phenoxy) is 1. The molecule has 1 aliphatic heterocycles. The first kappa shape index (κ1) is 13.0. The van der Waals surface area contributed by atoms with Gasteiger partial charge < -0.3 is 9.84 Å². The summed E-state index contributed by atoms with van der Waals surface area (Å²) in [5.41, 5.74) is 1.73. The molecule has 1 fully saturated rings. The van der Waals surface area contributed by atoms with Gasteiger partial charge in [0.15, 0.2) is 0 Å². The zero-order valence-corrected chi connectivity index (χ0v) is 10.3. The Hall–Kier alpha value is -1.46. The maximum Gasteiger partial charge on any atom is 0.272 e. The van der Waals surface area contributed by atoms with Gasteiger partial charge in [-0.05, 0) is 25.3 Å². The minimum absolute atomic E-state index is 0.0273. The van der Waals surface area contributed by atoms with Crippen molar-refractivity contribution >= 4 is 5.69 Å². The summed E-state index contributed by atoms with van der Waals surface area (Å²) < 4.78 is 5.35. The average Bonchev–Trinajstić information content (AvgIpc) is 2.34. The third-order valence-electron chi connectivity index (χ3n) is 3.53. The van der Waals surface area contributed by atoms with Crippen LogP contribution in [0.4, 0.5) is 5.69 Å². The van der Waals surface area contributed by atoms with Crippen LogP contribution in [0.5, 0.6) is 0 Å². The van der Waals surface area contributed by atoms with E-state index in [-0.39, 0.29) is 22.6 Å². The second-order valence-corrected chi connectivity index (χ2v) is 4.71. The molecule has 2 unspecified atom stereocenters. The van der Waals surface area contributed by atoms with E-state index in [9.17, 15) is 15.2 Å². The van der Waals surface area contributed by atoms with Gasteiger partial charge in [0.2, 0.25) is 0 Å². The van der Waals surface area contributed by atoms with Crippen LogP contribution in [0.2, 0.25) is 0 Å². The van der Waals surface area contributed by atoms with Gasteiger partial charge in [0.1, 0.15) is 0 Å². The van der Waals surface area contributed by atoms with E-state index < -0.39 is 0 Å². The van der Waals surface area contributed by atoms with Crippen molar-refractivity contribution in [1.29, 1.82) is 0 Å². The second kappa shape index (κ2) is 5.46. The number of nitrogens with zero attached hydrogens (tertiary/aromatic N) is 1. The molecule has 98 valence electrons. The molecule has 1 aliphatic rings. The standard InChI is InChI=1S/C13H17NO4/c1-9-10(3-2-4-12(9)14(16)17)7-11-8-18-6-5-13(11)15/h2-4,11,13,15H,5-8H2,1H3. The zero-order chi connectivity index (χ0) is 13.1. The first-order valence-electron chi connectivity index (χ1n) is 6.08. The van der Waals surface area contributed by atoms with E-state index in [4.69, 9.17) is 4.74 Å². The van der Waals surface area contributed by atoms with Crippen LogP contribution in [-0.4, -0.2) is 29.3 Å². The van der Waals surface area contributed by atoms with Crippen LogP contribution >= 0.6 is 0 Å². The molecule has 0 radical (unpaired) electrons. The van der Waals surface area contributed by atoms with E-state index in [1.807, 2.05) is 6.07 Å². The van der Waals surface area contributed by atoms with Crippen molar-refractivity contribution in [2.45, 2.75) is 25.9 Å². The summed E-state index contributed by atoms with van der Waals surface area (Å²) >= 11 is 0. The van der Waals surface area contributed by atoms with Crippen LogP contribution in [0.15, 0.2) is 18.2 Å². The summed E-state index contributed by atoms with van der Waals surface area (Å²) in [6, 6.07) is 5.08. The Bertz CT molecular complexity index is 447. The predicted molar refractivity (Wildman–Crippen MR) is 66.5 cm³/mol. The number of benzene rings is 1. The van der Waals surface area contributed by atoms with Crippen molar-refractivity contribution in [2.24, 2.45) is 5.92 Å². The molecule has 0 aromatic heterocycles. The quantitative estimate of drug-likeness (QED) is 0.657. The first-order chi connectivity index (χ1) is 8.59. The highest BCUT2D eigenvalue weighted by Gasteiger charge is 2.25. The lowest BCUT2D eigenvalue weighted by molar-refractivity contribution is -0.385. The maximum absolute atomic E-state index is 10.9. The minimum Gasteiger partial charge on any atom is -0.393 e. The zero-order valence-electron chi connectivity index (χ0n) is 10.3. The van der Waals surface area contributed by atoms with E-state index in [0.29, 0.717) is 31.6 Å². The van der Waals surface area contributed by atoms with Crippen molar-refractivity contribution in [1.82, 2.24) is 0 Å². The summed E-state index contributed by atoms with van der Waals surface area (Å²) in [4.78, 5) is 10.5. The normalized spacial score (nSPS) is 23.9. The molecule has 1 aromatic rings. The topological polar surface area (TPSA) is 72.6 Å². The van der Waals surface area contributed by atoms with Crippen LogP contribution < -0.4 is 0 Å². The molecule has 1 N–H and O–H groups in total. The van der Waals surface area contributed by atoms with Gasteiger partial charge in [0.25, 0.3) is 5.69 Å². The van der Waals surface area contributed by atoms with E-state index in [0.717, 1.165) is 5.56 Å². The average molecular weight is 251 g/mol. The number of nitro benzene ring substituents is 1. The number of nitro groups is 1. The number of aliphatic hydroxyl groups excluding tert-OH is 1. The van der Waals surface area contributed by atoms with Crippen LogP contribution in [0.25, 0.3) is 0 Å². The molecule has 5 heteroatoms. The lowest BCUT2D eigenvalue weighted by Gasteiger charge is -2.28. The molecule has 1 heterocycles. The SMILES string of the molecule is Cc1c(CC2COCCC2O)cccc1[N+](=O)[O-]. The molecule has 2 atom stereocenters. The molecule has 18 heavy (non-hydrogen) atoms. The third kappa shape index (κ3) is 2.68. The molecule has 0 saturated carbocycles. The van der Waals surface area contributed by atoms with E-state index >= 15 is 0 Å². The van der Waals surface area contributed by atoms with Gasteiger partial charge in [-0.2, -0.15) is 0 Å². The fraction of sp³-hybridized carbons (Fsp3) is 0.538. The monoisotopic (exact) mass is 251 g/mol. The highest BCUT2D eigenvalue weighted by molar-refractivity contribution is 5.44. The van der Waals surface area contributed by atoms with Crippen LogP contribution in [0.3, 0.4) is 0 Å². The summed E-state index contributed by atoms with van der Waals surface area (Å²) in [5.74, 6) is 0.0273. The van der Waals surface area contributed by atoms with Gasteiger partial charge in [-0.1, -0.05) is 12.1 Å². The van der Waals surface area contributed by atoms with Crippen molar-refractivity contribution < 1.29 is 14.8 Å². The summed E-state index contributed by atoms with van der Waals surface area (Å²) in [5, 5.41) is 20.7. The third-order valence-corrected chi connectivity index (χ3v) is 3.53. The highest BCUT2D eigenvalue weighted by Crippen LogP contribution is 2.26. The lowest BCUT2D eigenvalue weighted by atomic mass is 9.89. The molecule has 1 saturated heterocycles. The molecule has 2 rings (SSSR count). The minimum atomic E-state index is -0.377. The fourth-order valence-corrected chi connectivity index (χ4v) is 2.35. The van der Waals surface area contributed by atoms with Gasteiger partial charge in [-0.3, -0.25) is 10.1 Å². The second-order valence-electron chi connectivity index (χ2n) is 4.71. The van der Waals surface area contributed by atoms with Crippen molar-refractivity contribution in [3.8, 4) is 0 Å². The van der Waals surface area contributed by atoms with E-state index in [1.165, 1.54) is 6.07 Å².